The minimum atomic E-state index is -0.334. The van der Waals surface area contributed by atoms with E-state index in [2.05, 4.69) is 42.0 Å². The molecule has 1 heterocycles. The van der Waals surface area contributed by atoms with Crippen molar-refractivity contribution in [3.8, 4) is 11.5 Å². The minimum absolute atomic E-state index is 0.0343. The average Bonchev–Trinajstić information content (AvgIpc) is 2.59. The average molecular weight is 446 g/mol. The van der Waals surface area contributed by atoms with Crippen LogP contribution in [0.3, 0.4) is 0 Å². The van der Waals surface area contributed by atoms with Gasteiger partial charge in [-0.25, -0.2) is 0 Å². The van der Waals surface area contributed by atoms with Gasteiger partial charge in [0.15, 0.2) is 6.61 Å². The van der Waals surface area contributed by atoms with E-state index < -0.39 is 0 Å². The van der Waals surface area contributed by atoms with Crippen molar-refractivity contribution in [2.45, 2.75) is 58.1 Å². The van der Waals surface area contributed by atoms with Crippen molar-refractivity contribution in [2.24, 2.45) is 0 Å². The molecule has 4 nitrogen and oxygen atoms in total. The lowest BCUT2D eigenvalue weighted by molar-refractivity contribution is -0.124. The number of fused-ring (bicyclic) bond motifs is 1. The van der Waals surface area contributed by atoms with Crippen LogP contribution < -0.4 is 14.8 Å². The summed E-state index contributed by atoms with van der Waals surface area (Å²) in [7, 11) is 0. The number of ether oxygens (including phenoxy) is 2. The number of hydrogen-bond acceptors (Lipinski definition) is 3. The Kier molecular flexibility index (Phi) is 5.76. The second-order valence-electron chi connectivity index (χ2n) is 8.91. The molecule has 1 N–H and O–H groups in total. The first-order valence-electron chi connectivity index (χ1n) is 9.55. The third-order valence-electron chi connectivity index (χ3n) is 4.87. The van der Waals surface area contributed by atoms with Crippen molar-refractivity contribution < 1.29 is 14.3 Å². The Hall–Kier alpha value is -2.01. The zero-order chi connectivity index (χ0) is 20.5. The van der Waals surface area contributed by atoms with Gasteiger partial charge < -0.3 is 14.8 Å². The summed E-state index contributed by atoms with van der Waals surface area (Å²) in [6.07, 6.45) is 0.708. The lowest BCUT2D eigenvalue weighted by Gasteiger charge is -2.37. The van der Waals surface area contributed by atoms with Crippen molar-refractivity contribution in [2.75, 3.05) is 6.61 Å². The third kappa shape index (κ3) is 4.88. The van der Waals surface area contributed by atoms with Gasteiger partial charge in [0.25, 0.3) is 5.91 Å². The number of carbonyl (C=O) groups excluding carboxylic acids is 1. The van der Waals surface area contributed by atoms with Crippen LogP contribution in [0.4, 0.5) is 0 Å². The van der Waals surface area contributed by atoms with E-state index in [0.717, 1.165) is 15.8 Å². The Balaban J connectivity index is 1.65. The molecule has 2 aromatic carbocycles. The molecule has 150 valence electrons. The second kappa shape index (κ2) is 7.78. The number of hydrogen-bond donors (Lipinski definition) is 1. The predicted molar refractivity (Wildman–Crippen MR) is 115 cm³/mol. The van der Waals surface area contributed by atoms with Gasteiger partial charge in [0.1, 0.15) is 17.1 Å². The Labute approximate surface area is 175 Å². The summed E-state index contributed by atoms with van der Waals surface area (Å²) in [5.41, 5.74) is 1.93. The minimum Gasteiger partial charge on any atom is -0.487 e. The van der Waals surface area contributed by atoms with Gasteiger partial charge in [-0.1, -0.05) is 45.0 Å². The summed E-state index contributed by atoms with van der Waals surface area (Å²) < 4.78 is 12.6. The van der Waals surface area contributed by atoms with Gasteiger partial charge in [0, 0.05) is 12.0 Å². The summed E-state index contributed by atoms with van der Waals surface area (Å²) in [5.74, 6) is 1.34. The molecule has 0 bridgehead atoms. The number of rotatable bonds is 4. The van der Waals surface area contributed by atoms with E-state index in [0.29, 0.717) is 12.2 Å². The van der Waals surface area contributed by atoms with Gasteiger partial charge in [-0.2, -0.15) is 0 Å². The molecule has 1 aliphatic rings. The van der Waals surface area contributed by atoms with Crippen LogP contribution >= 0.6 is 15.9 Å². The molecule has 0 fully saturated rings. The van der Waals surface area contributed by atoms with Crippen molar-refractivity contribution >= 4 is 21.8 Å². The first kappa shape index (κ1) is 20.7. The molecule has 0 aromatic heterocycles. The van der Waals surface area contributed by atoms with E-state index in [9.17, 15) is 4.79 Å². The summed E-state index contributed by atoms with van der Waals surface area (Å²) in [6, 6.07) is 13.7. The van der Waals surface area contributed by atoms with E-state index in [4.69, 9.17) is 9.47 Å². The van der Waals surface area contributed by atoms with Gasteiger partial charge in [-0.05, 0) is 59.0 Å². The second-order valence-corrected chi connectivity index (χ2v) is 9.76. The summed E-state index contributed by atoms with van der Waals surface area (Å²) in [4.78, 5) is 12.6. The van der Waals surface area contributed by atoms with Gasteiger partial charge >= 0.3 is 0 Å². The molecular weight excluding hydrogens is 418 g/mol. The number of nitrogens with one attached hydrogen (secondary N) is 1. The number of para-hydroxylation sites is 1. The molecule has 1 aliphatic heterocycles. The molecule has 2 aromatic rings. The molecule has 0 saturated heterocycles. The van der Waals surface area contributed by atoms with Crippen LogP contribution in [0.1, 0.15) is 58.2 Å². The first-order valence-corrected chi connectivity index (χ1v) is 10.3. The SMILES string of the molecule is CC1(C)CC(NC(=O)COc2ccc(C(C)(C)C)cc2Br)c2ccccc2O1. The molecule has 5 heteroatoms. The molecule has 0 spiro atoms. The van der Waals surface area contributed by atoms with Crippen molar-refractivity contribution in [3.63, 3.8) is 0 Å². The molecule has 0 aliphatic carbocycles. The highest BCUT2D eigenvalue weighted by Gasteiger charge is 2.34. The standard InChI is InChI=1S/C23H28BrNO3/c1-22(2,3)15-10-11-20(17(24)12-15)27-14-21(26)25-18-13-23(4,5)28-19-9-7-6-8-16(18)19/h6-12,18H,13-14H2,1-5H3,(H,25,26). The highest BCUT2D eigenvalue weighted by molar-refractivity contribution is 9.10. The van der Waals surface area contributed by atoms with E-state index in [1.54, 1.807) is 0 Å². The third-order valence-corrected chi connectivity index (χ3v) is 5.49. The van der Waals surface area contributed by atoms with Gasteiger partial charge in [0.2, 0.25) is 0 Å². The maximum absolute atomic E-state index is 12.6. The predicted octanol–water partition coefficient (Wildman–Crippen LogP) is 5.54. The van der Waals surface area contributed by atoms with E-state index in [-0.39, 0.29) is 29.6 Å². The summed E-state index contributed by atoms with van der Waals surface area (Å²) >= 11 is 3.55. The largest absolute Gasteiger partial charge is 0.487 e. The Morgan fingerprint density at radius 1 is 1.25 bits per heavy atom. The van der Waals surface area contributed by atoms with Crippen LogP contribution in [0, 0.1) is 0 Å². The quantitative estimate of drug-likeness (QED) is 0.671. The van der Waals surface area contributed by atoms with Crippen molar-refractivity contribution in [3.05, 3.63) is 58.1 Å². The fourth-order valence-corrected chi connectivity index (χ4v) is 3.89. The van der Waals surface area contributed by atoms with E-state index >= 15 is 0 Å². The van der Waals surface area contributed by atoms with Gasteiger partial charge in [0.05, 0.1) is 10.5 Å². The topological polar surface area (TPSA) is 47.6 Å². The molecule has 28 heavy (non-hydrogen) atoms. The summed E-state index contributed by atoms with van der Waals surface area (Å²) in [5, 5.41) is 3.10. The number of benzene rings is 2. The molecule has 3 rings (SSSR count). The lowest BCUT2D eigenvalue weighted by Crippen LogP contribution is -2.42. The lowest BCUT2D eigenvalue weighted by atomic mass is 9.87. The van der Waals surface area contributed by atoms with Crippen LogP contribution in [0.25, 0.3) is 0 Å². The molecule has 1 atom stereocenters. The fraction of sp³-hybridized carbons (Fsp3) is 0.435. The van der Waals surface area contributed by atoms with Crippen molar-refractivity contribution in [1.29, 1.82) is 0 Å². The van der Waals surface area contributed by atoms with Gasteiger partial charge in [-0.3, -0.25) is 4.79 Å². The molecule has 1 amide bonds. The molecule has 0 radical (unpaired) electrons. The maximum atomic E-state index is 12.6. The van der Waals surface area contributed by atoms with Crippen LogP contribution in [-0.4, -0.2) is 18.1 Å². The van der Waals surface area contributed by atoms with Crippen LogP contribution in [-0.2, 0) is 10.2 Å². The maximum Gasteiger partial charge on any atom is 0.258 e. The number of halogens is 1. The van der Waals surface area contributed by atoms with Crippen molar-refractivity contribution in [1.82, 2.24) is 5.32 Å². The van der Waals surface area contributed by atoms with E-state index in [1.807, 2.05) is 56.3 Å². The summed E-state index contributed by atoms with van der Waals surface area (Å²) in [6.45, 7) is 10.5. The zero-order valence-electron chi connectivity index (χ0n) is 17.1. The number of carbonyl (C=O) groups is 1. The zero-order valence-corrected chi connectivity index (χ0v) is 18.7. The smallest absolute Gasteiger partial charge is 0.258 e. The van der Waals surface area contributed by atoms with Crippen LogP contribution in [0.2, 0.25) is 0 Å². The molecule has 0 saturated carbocycles. The highest BCUT2D eigenvalue weighted by Crippen LogP contribution is 2.39. The van der Waals surface area contributed by atoms with Gasteiger partial charge in [-0.15, -0.1) is 0 Å². The normalized spacial score (nSPS) is 18.0. The molecule has 1 unspecified atom stereocenters. The van der Waals surface area contributed by atoms with Crippen LogP contribution in [0.5, 0.6) is 11.5 Å². The van der Waals surface area contributed by atoms with E-state index in [1.165, 1.54) is 5.56 Å². The Bertz CT molecular complexity index is 870. The number of amides is 1. The molecular formula is C23H28BrNO3. The Morgan fingerprint density at radius 2 is 1.96 bits per heavy atom. The fourth-order valence-electron chi connectivity index (χ4n) is 3.39. The Morgan fingerprint density at radius 3 is 2.64 bits per heavy atom. The first-order chi connectivity index (χ1) is 13.0. The monoisotopic (exact) mass is 445 g/mol. The highest BCUT2D eigenvalue weighted by atomic mass is 79.9. The van der Waals surface area contributed by atoms with Crippen LogP contribution in [0.15, 0.2) is 46.9 Å².